The highest BCUT2D eigenvalue weighted by Crippen LogP contribution is 2.21. The Balaban J connectivity index is 2.88. The summed E-state index contributed by atoms with van der Waals surface area (Å²) in [5.74, 6) is -0.471. The normalized spacial score (nSPS) is 14.3. The number of hydrogen-bond acceptors (Lipinski definition) is 3. The Labute approximate surface area is 138 Å². The average Bonchev–Trinajstić information content (AvgIpc) is 2.44. The van der Waals surface area contributed by atoms with Gasteiger partial charge in [0.2, 0.25) is 5.91 Å². The van der Waals surface area contributed by atoms with Crippen molar-refractivity contribution in [3.05, 3.63) is 29.8 Å². The second-order valence-electron chi connectivity index (χ2n) is 7.44. The summed E-state index contributed by atoms with van der Waals surface area (Å²) in [5.41, 5.74) is -0.691. The summed E-state index contributed by atoms with van der Waals surface area (Å²) in [6.07, 6.45) is 0. The lowest BCUT2D eigenvalue weighted by Gasteiger charge is -2.28. The van der Waals surface area contributed by atoms with Gasteiger partial charge in [-0.15, -0.1) is 0 Å². The number of rotatable bonds is 5. The lowest BCUT2D eigenvalue weighted by Crippen LogP contribution is -2.44. The van der Waals surface area contributed by atoms with E-state index in [4.69, 9.17) is 0 Å². The van der Waals surface area contributed by atoms with Crippen LogP contribution in [0.3, 0.4) is 0 Å². The zero-order valence-electron chi connectivity index (χ0n) is 14.9. The Bertz CT molecular complexity index is 572. The van der Waals surface area contributed by atoms with Gasteiger partial charge >= 0.3 is 0 Å². The highest BCUT2D eigenvalue weighted by atomic mass is 16.3. The number of para-hydroxylation sites is 1. The first-order chi connectivity index (χ1) is 10.4. The Morgan fingerprint density at radius 1 is 1.13 bits per heavy atom. The van der Waals surface area contributed by atoms with Crippen molar-refractivity contribution in [3.8, 4) is 0 Å². The van der Waals surface area contributed by atoms with Gasteiger partial charge in [-0.1, -0.05) is 46.8 Å². The standard InChI is InChI=1S/C18H28N2O3/c1-12(2)18(6,23)11-19-15(21)13-9-7-8-10-14(13)20-16(22)17(3,4)5/h7-10,12,23H,11H2,1-6H3,(H,19,21)(H,20,22). The third-order valence-corrected chi connectivity index (χ3v) is 3.95. The minimum absolute atomic E-state index is 0.0126. The molecule has 1 unspecified atom stereocenters. The molecule has 3 N–H and O–H groups in total. The molecule has 23 heavy (non-hydrogen) atoms. The molecule has 1 aromatic carbocycles. The Morgan fingerprint density at radius 2 is 1.70 bits per heavy atom. The van der Waals surface area contributed by atoms with Gasteiger partial charge in [0, 0.05) is 12.0 Å². The van der Waals surface area contributed by atoms with Crippen LogP contribution < -0.4 is 10.6 Å². The van der Waals surface area contributed by atoms with Crippen LogP contribution in [0.2, 0.25) is 0 Å². The predicted octanol–water partition coefficient (Wildman–Crippen LogP) is 2.81. The van der Waals surface area contributed by atoms with Gasteiger partial charge in [-0.3, -0.25) is 9.59 Å². The van der Waals surface area contributed by atoms with Crippen molar-refractivity contribution in [2.45, 2.75) is 47.1 Å². The van der Waals surface area contributed by atoms with Crippen LogP contribution in [0, 0.1) is 11.3 Å². The topological polar surface area (TPSA) is 78.4 Å². The van der Waals surface area contributed by atoms with Crippen molar-refractivity contribution in [1.29, 1.82) is 0 Å². The molecule has 0 aliphatic heterocycles. The quantitative estimate of drug-likeness (QED) is 0.780. The molecular formula is C18H28N2O3. The Kier molecular flexibility index (Phi) is 5.94. The van der Waals surface area contributed by atoms with Gasteiger partial charge in [-0.25, -0.2) is 0 Å². The van der Waals surface area contributed by atoms with Crippen LogP contribution in [0.15, 0.2) is 24.3 Å². The third kappa shape index (κ3) is 5.36. The van der Waals surface area contributed by atoms with Crippen LogP contribution in [-0.2, 0) is 4.79 Å². The highest BCUT2D eigenvalue weighted by Gasteiger charge is 2.27. The minimum Gasteiger partial charge on any atom is -0.388 e. The van der Waals surface area contributed by atoms with E-state index in [9.17, 15) is 14.7 Å². The number of carbonyl (C=O) groups is 2. The van der Waals surface area contributed by atoms with E-state index >= 15 is 0 Å². The van der Waals surface area contributed by atoms with Crippen LogP contribution in [0.4, 0.5) is 5.69 Å². The zero-order chi connectivity index (χ0) is 17.8. The van der Waals surface area contributed by atoms with E-state index in [1.807, 2.05) is 34.6 Å². The van der Waals surface area contributed by atoms with E-state index in [1.165, 1.54) is 0 Å². The summed E-state index contributed by atoms with van der Waals surface area (Å²) >= 11 is 0. The van der Waals surface area contributed by atoms with E-state index < -0.39 is 11.0 Å². The maximum Gasteiger partial charge on any atom is 0.253 e. The van der Waals surface area contributed by atoms with Crippen LogP contribution >= 0.6 is 0 Å². The van der Waals surface area contributed by atoms with Crippen LogP contribution in [0.25, 0.3) is 0 Å². The van der Waals surface area contributed by atoms with Gasteiger partial charge in [0.25, 0.3) is 5.91 Å². The molecule has 2 amide bonds. The first-order valence-corrected chi connectivity index (χ1v) is 7.86. The lowest BCUT2D eigenvalue weighted by atomic mass is 9.92. The molecule has 0 saturated heterocycles. The Morgan fingerprint density at radius 3 is 2.22 bits per heavy atom. The molecule has 0 aliphatic rings. The van der Waals surface area contributed by atoms with Crippen molar-refractivity contribution >= 4 is 17.5 Å². The van der Waals surface area contributed by atoms with E-state index in [0.717, 1.165) is 0 Å². The summed E-state index contributed by atoms with van der Waals surface area (Å²) in [7, 11) is 0. The Hall–Kier alpha value is -1.88. The van der Waals surface area contributed by atoms with Crippen molar-refractivity contribution in [3.63, 3.8) is 0 Å². The number of nitrogens with one attached hydrogen (secondary N) is 2. The van der Waals surface area contributed by atoms with Crippen LogP contribution in [0.5, 0.6) is 0 Å². The van der Waals surface area contributed by atoms with Crippen LogP contribution in [-0.4, -0.2) is 29.1 Å². The molecule has 0 aliphatic carbocycles. The molecule has 5 heteroatoms. The smallest absolute Gasteiger partial charge is 0.253 e. The molecule has 1 rings (SSSR count). The zero-order valence-corrected chi connectivity index (χ0v) is 14.9. The molecule has 0 saturated carbocycles. The molecule has 0 heterocycles. The van der Waals surface area contributed by atoms with Gasteiger partial charge in [0.05, 0.1) is 16.9 Å². The highest BCUT2D eigenvalue weighted by molar-refractivity contribution is 6.04. The van der Waals surface area contributed by atoms with Gasteiger partial charge < -0.3 is 15.7 Å². The molecule has 0 aromatic heterocycles. The van der Waals surface area contributed by atoms with Gasteiger partial charge in [0.1, 0.15) is 0 Å². The first-order valence-electron chi connectivity index (χ1n) is 7.86. The molecule has 0 fully saturated rings. The monoisotopic (exact) mass is 320 g/mol. The van der Waals surface area contributed by atoms with Gasteiger partial charge in [-0.2, -0.15) is 0 Å². The number of hydrogen-bond donors (Lipinski definition) is 3. The number of amides is 2. The van der Waals surface area contributed by atoms with E-state index in [2.05, 4.69) is 10.6 Å². The third-order valence-electron chi connectivity index (χ3n) is 3.95. The van der Waals surface area contributed by atoms with Crippen molar-refractivity contribution in [1.82, 2.24) is 5.32 Å². The van der Waals surface area contributed by atoms with Crippen molar-refractivity contribution in [2.24, 2.45) is 11.3 Å². The maximum absolute atomic E-state index is 12.4. The summed E-state index contributed by atoms with van der Waals surface area (Å²) in [5, 5.41) is 15.7. The second-order valence-corrected chi connectivity index (χ2v) is 7.44. The molecule has 0 spiro atoms. The SMILES string of the molecule is CC(C)C(C)(O)CNC(=O)c1ccccc1NC(=O)C(C)(C)C. The molecule has 0 radical (unpaired) electrons. The maximum atomic E-state index is 12.4. The van der Waals surface area contributed by atoms with E-state index in [0.29, 0.717) is 11.3 Å². The molecule has 0 bridgehead atoms. The molecule has 1 atom stereocenters. The predicted molar refractivity (Wildman–Crippen MR) is 92.3 cm³/mol. The largest absolute Gasteiger partial charge is 0.388 e. The van der Waals surface area contributed by atoms with Crippen molar-refractivity contribution in [2.75, 3.05) is 11.9 Å². The van der Waals surface area contributed by atoms with Gasteiger partial charge in [0.15, 0.2) is 0 Å². The molecule has 5 nitrogen and oxygen atoms in total. The molecule has 128 valence electrons. The summed E-state index contributed by atoms with van der Waals surface area (Å²) < 4.78 is 0. The second kappa shape index (κ2) is 7.13. The number of carbonyl (C=O) groups excluding carboxylic acids is 2. The number of benzene rings is 1. The van der Waals surface area contributed by atoms with Gasteiger partial charge in [-0.05, 0) is 25.0 Å². The molecule has 1 aromatic rings. The van der Waals surface area contributed by atoms with Crippen molar-refractivity contribution < 1.29 is 14.7 Å². The summed E-state index contributed by atoms with van der Waals surface area (Å²) in [4.78, 5) is 24.5. The fourth-order valence-electron chi connectivity index (χ4n) is 1.66. The summed E-state index contributed by atoms with van der Waals surface area (Å²) in [6, 6.07) is 6.85. The first kappa shape index (κ1) is 19.2. The van der Waals surface area contributed by atoms with E-state index in [-0.39, 0.29) is 24.3 Å². The fraction of sp³-hybridized carbons (Fsp3) is 0.556. The van der Waals surface area contributed by atoms with E-state index in [1.54, 1.807) is 31.2 Å². The number of anilines is 1. The minimum atomic E-state index is -0.987. The van der Waals surface area contributed by atoms with Crippen LogP contribution in [0.1, 0.15) is 51.9 Å². The fourth-order valence-corrected chi connectivity index (χ4v) is 1.66. The summed E-state index contributed by atoms with van der Waals surface area (Å²) in [6.45, 7) is 11.0. The average molecular weight is 320 g/mol. The number of aliphatic hydroxyl groups is 1. The lowest BCUT2D eigenvalue weighted by molar-refractivity contribution is -0.123. The molecular weight excluding hydrogens is 292 g/mol.